The van der Waals surface area contributed by atoms with Crippen molar-refractivity contribution in [3.8, 4) is 5.75 Å². The van der Waals surface area contributed by atoms with Gasteiger partial charge in [0.05, 0.1) is 12.2 Å². The summed E-state index contributed by atoms with van der Waals surface area (Å²) in [6.07, 6.45) is 3.96. The molecule has 2 heterocycles. The first-order valence-corrected chi connectivity index (χ1v) is 9.71. The van der Waals surface area contributed by atoms with Gasteiger partial charge in [-0.25, -0.2) is 4.39 Å². The molecule has 0 bridgehead atoms. The van der Waals surface area contributed by atoms with Gasteiger partial charge in [0, 0.05) is 18.2 Å². The molecule has 116 valence electrons. The third-order valence-electron chi connectivity index (χ3n) is 4.30. The molecule has 1 aromatic carbocycles. The number of hydrogen-bond donors (Lipinski definition) is 0. The minimum atomic E-state index is -0.272. The second-order valence-electron chi connectivity index (χ2n) is 5.77. The maximum absolute atomic E-state index is 14.0. The lowest BCUT2D eigenvalue weighted by Crippen LogP contribution is -2.46. The summed E-state index contributed by atoms with van der Waals surface area (Å²) in [6.45, 7) is 0.719. The zero-order valence-electron chi connectivity index (χ0n) is 11.9. The Morgan fingerprint density at radius 2 is 2.19 bits per heavy atom. The van der Waals surface area contributed by atoms with Crippen molar-refractivity contribution in [1.82, 2.24) is 0 Å². The van der Waals surface area contributed by atoms with Gasteiger partial charge in [0.15, 0.2) is 11.6 Å². The van der Waals surface area contributed by atoms with Crippen LogP contribution in [-0.2, 0) is 10.1 Å². The molecule has 2 aliphatic heterocycles. The highest BCUT2D eigenvalue weighted by molar-refractivity contribution is 9.08. The first-order valence-electron chi connectivity index (χ1n) is 7.43. The van der Waals surface area contributed by atoms with Gasteiger partial charge >= 0.3 is 0 Å². The second-order valence-corrected chi connectivity index (χ2v) is 7.56. The van der Waals surface area contributed by atoms with E-state index in [1.165, 1.54) is 6.07 Å². The van der Waals surface area contributed by atoms with E-state index in [4.69, 9.17) is 9.47 Å². The van der Waals surface area contributed by atoms with E-state index in [1.807, 2.05) is 17.8 Å². The largest absolute Gasteiger partial charge is 0.487 e. The fraction of sp³-hybridized carbons (Fsp3) is 0.625. The third kappa shape index (κ3) is 3.74. The van der Waals surface area contributed by atoms with Crippen molar-refractivity contribution in [3.05, 3.63) is 29.6 Å². The SMILES string of the molecule is Fc1cc(CBr)ccc1OC1CCOC2(CCSCC2)C1. The highest BCUT2D eigenvalue weighted by Crippen LogP contribution is 2.38. The third-order valence-corrected chi connectivity index (χ3v) is 5.93. The van der Waals surface area contributed by atoms with Gasteiger partial charge in [-0.05, 0) is 42.0 Å². The average Bonchev–Trinajstić information content (AvgIpc) is 2.50. The zero-order valence-corrected chi connectivity index (χ0v) is 14.3. The molecule has 0 aromatic heterocycles. The average molecular weight is 375 g/mol. The van der Waals surface area contributed by atoms with Crippen LogP contribution in [-0.4, -0.2) is 29.8 Å². The molecule has 0 radical (unpaired) electrons. The van der Waals surface area contributed by atoms with E-state index in [-0.39, 0.29) is 17.5 Å². The topological polar surface area (TPSA) is 18.5 Å². The Morgan fingerprint density at radius 1 is 1.38 bits per heavy atom. The number of thioether (sulfide) groups is 1. The number of benzene rings is 1. The van der Waals surface area contributed by atoms with E-state index < -0.39 is 0 Å². The highest BCUT2D eigenvalue weighted by atomic mass is 79.9. The number of alkyl halides is 1. The minimum absolute atomic E-state index is 0.0273. The van der Waals surface area contributed by atoms with Crippen LogP contribution >= 0.6 is 27.7 Å². The van der Waals surface area contributed by atoms with Gasteiger partial charge in [-0.2, -0.15) is 11.8 Å². The van der Waals surface area contributed by atoms with Crippen LogP contribution in [0.3, 0.4) is 0 Å². The lowest BCUT2D eigenvalue weighted by molar-refractivity contribution is -0.116. The molecule has 0 amide bonds. The van der Waals surface area contributed by atoms with E-state index in [9.17, 15) is 4.39 Å². The Balaban J connectivity index is 1.67. The lowest BCUT2D eigenvalue weighted by atomic mass is 9.86. The molecule has 5 heteroatoms. The first kappa shape index (κ1) is 15.6. The maximum atomic E-state index is 14.0. The van der Waals surface area contributed by atoms with E-state index in [1.54, 1.807) is 6.07 Å². The standard InChI is InChI=1S/C16H20BrFO2S/c17-11-12-1-2-15(14(18)9-12)20-13-3-6-19-16(10-13)4-7-21-8-5-16/h1-2,9,13H,3-8,10-11H2. The summed E-state index contributed by atoms with van der Waals surface area (Å²) in [5.41, 5.74) is 0.896. The molecule has 1 atom stereocenters. The van der Waals surface area contributed by atoms with Crippen molar-refractivity contribution in [2.75, 3.05) is 18.1 Å². The molecule has 2 saturated heterocycles. The van der Waals surface area contributed by atoms with Crippen molar-refractivity contribution in [3.63, 3.8) is 0 Å². The molecule has 0 N–H and O–H groups in total. The molecule has 2 aliphatic rings. The van der Waals surface area contributed by atoms with E-state index in [0.717, 1.165) is 49.4 Å². The molecule has 21 heavy (non-hydrogen) atoms. The number of ether oxygens (including phenoxy) is 2. The predicted octanol–water partition coefficient (Wildman–Crippen LogP) is 4.54. The highest BCUT2D eigenvalue weighted by Gasteiger charge is 2.39. The lowest BCUT2D eigenvalue weighted by Gasteiger charge is -2.43. The molecule has 1 unspecified atom stereocenters. The Kier molecular flexibility index (Phi) is 5.12. The van der Waals surface area contributed by atoms with Crippen LogP contribution in [0.1, 0.15) is 31.2 Å². The minimum Gasteiger partial charge on any atom is -0.487 e. The summed E-state index contributed by atoms with van der Waals surface area (Å²) in [4.78, 5) is 0. The van der Waals surface area contributed by atoms with Crippen LogP contribution in [0, 0.1) is 5.82 Å². The van der Waals surface area contributed by atoms with Crippen LogP contribution in [0.15, 0.2) is 18.2 Å². The Hall–Kier alpha value is -0.260. The van der Waals surface area contributed by atoms with Gasteiger partial charge < -0.3 is 9.47 Å². The van der Waals surface area contributed by atoms with E-state index in [2.05, 4.69) is 15.9 Å². The van der Waals surface area contributed by atoms with Gasteiger partial charge in [0.2, 0.25) is 0 Å². The normalized spacial score (nSPS) is 25.0. The van der Waals surface area contributed by atoms with Gasteiger partial charge in [0.1, 0.15) is 6.10 Å². The van der Waals surface area contributed by atoms with Gasteiger partial charge in [0.25, 0.3) is 0 Å². The Morgan fingerprint density at radius 3 is 2.90 bits per heavy atom. The molecule has 1 spiro atoms. The molecule has 1 aromatic rings. The summed E-state index contributed by atoms with van der Waals surface area (Å²) in [6, 6.07) is 5.18. The predicted molar refractivity (Wildman–Crippen MR) is 87.9 cm³/mol. The second kappa shape index (κ2) is 6.88. The fourth-order valence-electron chi connectivity index (χ4n) is 3.08. The molecule has 2 fully saturated rings. The van der Waals surface area contributed by atoms with Crippen LogP contribution < -0.4 is 4.74 Å². The van der Waals surface area contributed by atoms with Crippen LogP contribution in [0.4, 0.5) is 4.39 Å². The Labute approximate surface area is 137 Å². The van der Waals surface area contributed by atoms with Gasteiger partial charge in [-0.15, -0.1) is 0 Å². The van der Waals surface area contributed by atoms with Crippen LogP contribution in [0.25, 0.3) is 0 Å². The van der Waals surface area contributed by atoms with Gasteiger partial charge in [-0.1, -0.05) is 22.0 Å². The number of rotatable bonds is 3. The molecule has 2 nitrogen and oxygen atoms in total. The van der Waals surface area contributed by atoms with Crippen LogP contribution in [0.5, 0.6) is 5.75 Å². The molecular weight excluding hydrogens is 355 g/mol. The van der Waals surface area contributed by atoms with Crippen LogP contribution in [0.2, 0.25) is 0 Å². The molecule has 0 saturated carbocycles. The van der Waals surface area contributed by atoms with Crippen molar-refractivity contribution in [1.29, 1.82) is 0 Å². The molecular formula is C16H20BrFO2S. The van der Waals surface area contributed by atoms with Crippen molar-refractivity contribution in [2.24, 2.45) is 0 Å². The van der Waals surface area contributed by atoms with Crippen molar-refractivity contribution >= 4 is 27.7 Å². The monoisotopic (exact) mass is 374 g/mol. The molecule has 3 rings (SSSR count). The summed E-state index contributed by atoms with van der Waals surface area (Å²) in [5, 5.41) is 0.655. The quantitative estimate of drug-likeness (QED) is 0.723. The summed E-state index contributed by atoms with van der Waals surface area (Å²) in [5.74, 6) is 2.40. The molecule has 0 aliphatic carbocycles. The summed E-state index contributed by atoms with van der Waals surface area (Å²) in [7, 11) is 0. The fourth-order valence-corrected chi connectivity index (χ4v) is 4.66. The smallest absolute Gasteiger partial charge is 0.165 e. The van der Waals surface area contributed by atoms with E-state index in [0.29, 0.717) is 11.1 Å². The summed E-state index contributed by atoms with van der Waals surface area (Å²) >= 11 is 5.33. The summed E-state index contributed by atoms with van der Waals surface area (Å²) < 4.78 is 26.0. The van der Waals surface area contributed by atoms with Gasteiger partial charge in [-0.3, -0.25) is 0 Å². The number of halogens is 2. The first-order chi connectivity index (χ1) is 10.2. The van der Waals surface area contributed by atoms with E-state index >= 15 is 0 Å². The number of hydrogen-bond acceptors (Lipinski definition) is 3. The maximum Gasteiger partial charge on any atom is 0.165 e. The van der Waals surface area contributed by atoms with Crippen molar-refractivity contribution in [2.45, 2.75) is 42.7 Å². The zero-order chi connectivity index (χ0) is 14.7. The Bertz CT molecular complexity index is 486. The van der Waals surface area contributed by atoms with Crippen molar-refractivity contribution < 1.29 is 13.9 Å².